The number of allylic oxidation sites excluding steroid dienone is 1. The van der Waals surface area contributed by atoms with E-state index in [1.54, 1.807) is 31.4 Å². The van der Waals surface area contributed by atoms with Crippen LogP contribution in [0.25, 0.3) is 0 Å². The molecule has 2 N–H and O–H groups in total. The fraction of sp³-hybridized carbons (Fsp3) is 0.120. The van der Waals surface area contributed by atoms with Crippen LogP contribution in [0, 0.1) is 21.4 Å². The average molecular weight is 473 g/mol. The Morgan fingerprint density at radius 2 is 1.74 bits per heavy atom. The van der Waals surface area contributed by atoms with E-state index in [4.69, 9.17) is 24.7 Å². The van der Waals surface area contributed by atoms with E-state index in [0.29, 0.717) is 17.1 Å². The third-order valence-corrected chi connectivity index (χ3v) is 5.28. The first-order valence-corrected chi connectivity index (χ1v) is 10.3. The van der Waals surface area contributed by atoms with Gasteiger partial charge in [-0.3, -0.25) is 10.1 Å². The summed E-state index contributed by atoms with van der Waals surface area (Å²) in [6, 6.07) is 19.5. The van der Waals surface area contributed by atoms with Crippen LogP contribution in [-0.4, -0.2) is 24.6 Å². The van der Waals surface area contributed by atoms with Gasteiger partial charge in [-0.2, -0.15) is 5.26 Å². The second kappa shape index (κ2) is 9.84. The third kappa shape index (κ3) is 4.99. The van der Waals surface area contributed by atoms with Gasteiger partial charge in [0.15, 0.2) is 6.61 Å². The van der Waals surface area contributed by atoms with E-state index in [1.165, 1.54) is 30.3 Å². The van der Waals surface area contributed by atoms with Crippen molar-refractivity contribution in [1.82, 2.24) is 0 Å². The van der Waals surface area contributed by atoms with E-state index in [9.17, 15) is 20.2 Å². The molecular formula is C25H19N3O7. The van der Waals surface area contributed by atoms with E-state index < -0.39 is 23.4 Å². The Kier molecular flexibility index (Phi) is 6.50. The number of benzene rings is 3. The molecule has 1 heterocycles. The van der Waals surface area contributed by atoms with Gasteiger partial charge in [0.2, 0.25) is 5.88 Å². The third-order valence-electron chi connectivity index (χ3n) is 5.28. The molecular weight excluding hydrogens is 454 g/mol. The molecule has 3 aromatic rings. The predicted octanol–water partition coefficient (Wildman–Crippen LogP) is 3.81. The molecule has 1 atom stereocenters. The highest BCUT2D eigenvalue weighted by Gasteiger charge is 2.31. The van der Waals surface area contributed by atoms with Crippen LogP contribution in [0.3, 0.4) is 0 Å². The number of nitrogens with zero attached hydrogens (tertiary/aromatic N) is 2. The number of carbonyl (C=O) groups excluding carboxylic acids is 1. The number of rotatable bonds is 7. The maximum atomic E-state index is 12.3. The number of nitriles is 1. The van der Waals surface area contributed by atoms with Crippen molar-refractivity contribution in [3.05, 3.63) is 99.4 Å². The summed E-state index contributed by atoms with van der Waals surface area (Å²) in [6.45, 7) is -0.412. The largest absolute Gasteiger partial charge is 0.497 e. The van der Waals surface area contributed by atoms with E-state index in [1.807, 2.05) is 12.1 Å². The van der Waals surface area contributed by atoms with Crippen molar-refractivity contribution in [1.29, 1.82) is 5.26 Å². The lowest BCUT2D eigenvalue weighted by molar-refractivity contribution is -0.384. The van der Waals surface area contributed by atoms with Gasteiger partial charge in [0.05, 0.1) is 18.0 Å². The van der Waals surface area contributed by atoms with Gasteiger partial charge in [0.25, 0.3) is 5.69 Å². The minimum atomic E-state index is -0.688. The van der Waals surface area contributed by atoms with Crippen molar-refractivity contribution in [2.24, 2.45) is 5.73 Å². The lowest BCUT2D eigenvalue weighted by Crippen LogP contribution is -2.21. The van der Waals surface area contributed by atoms with Gasteiger partial charge in [0, 0.05) is 23.8 Å². The number of non-ortho nitro benzene ring substituents is 1. The quantitative estimate of drug-likeness (QED) is 0.234. The second-order valence-electron chi connectivity index (χ2n) is 7.41. The lowest BCUT2D eigenvalue weighted by atomic mass is 9.83. The molecule has 0 bridgehead atoms. The number of hydrogen-bond acceptors (Lipinski definition) is 9. The molecule has 0 saturated heterocycles. The number of hydrogen-bond donors (Lipinski definition) is 1. The maximum absolute atomic E-state index is 12.3. The van der Waals surface area contributed by atoms with Crippen molar-refractivity contribution in [3.8, 4) is 29.1 Å². The van der Waals surface area contributed by atoms with Crippen LogP contribution in [0.2, 0.25) is 0 Å². The highest BCUT2D eigenvalue weighted by Crippen LogP contribution is 2.43. The molecule has 0 aliphatic carbocycles. The number of methoxy groups -OCH3 is 1. The summed E-state index contributed by atoms with van der Waals surface area (Å²) in [6.07, 6.45) is 0. The Morgan fingerprint density at radius 3 is 2.37 bits per heavy atom. The molecule has 1 aliphatic heterocycles. The Bertz CT molecular complexity index is 1340. The topological polar surface area (TPSA) is 147 Å². The van der Waals surface area contributed by atoms with E-state index in [2.05, 4.69) is 6.07 Å². The molecule has 0 spiro atoms. The molecule has 35 heavy (non-hydrogen) atoms. The minimum absolute atomic E-state index is 0.0363. The van der Waals surface area contributed by atoms with Crippen LogP contribution < -0.4 is 24.7 Å². The Morgan fingerprint density at radius 1 is 1.09 bits per heavy atom. The number of esters is 1. The number of nitro groups is 1. The van der Waals surface area contributed by atoms with Crippen molar-refractivity contribution in [2.45, 2.75) is 5.92 Å². The van der Waals surface area contributed by atoms with Gasteiger partial charge < -0.3 is 24.7 Å². The summed E-state index contributed by atoms with van der Waals surface area (Å²) in [7, 11) is 1.57. The fourth-order valence-corrected chi connectivity index (χ4v) is 3.61. The first-order valence-electron chi connectivity index (χ1n) is 10.3. The molecule has 10 nitrogen and oxygen atoms in total. The van der Waals surface area contributed by atoms with E-state index in [-0.39, 0.29) is 28.6 Å². The molecule has 1 unspecified atom stereocenters. The molecule has 0 aromatic heterocycles. The second-order valence-corrected chi connectivity index (χ2v) is 7.41. The van der Waals surface area contributed by atoms with Crippen LogP contribution in [0.15, 0.2) is 78.2 Å². The van der Waals surface area contributed by atoms with Crippen molar-refractivity contribution < 1.29 is 28.7 Å². The fourth-order valence-electron chi connectivity index (χ4n) is 3.61. The van der Waals surface area contributed by atoms with Gasteiger partial charge in [-0.1, -0.05) is 18.2 Å². The molecule has 176 valence electrons. The standard InChI is InChI=1S/C25H19N3O7/c1-32-17-6-2-15(3-7-17)24-20-11-10-19(12-22(20)35-25(27)21(24)13-26)34-23(29)14-33-18-8-4-16(5-9-18)28(30)31/h2-12,24H,14,27H2,1H3. The lowest BCUT2D eigenvalue weighted by Gasteiger charge is -2.26. The molecule has 10 heteroatoms. The van der Waals surface area contributed by atoms with E-state index in [0.717, 1.165) is 5.56 Å². The minimum Gasteiger partial charge on any atom is -0.497 e. The monoisotopic (exact) mass is 473 g/mol. The predicted molar refractivity (Wildman–Crippen MR) is 123 cm³/mol. The van der Waals surface area contributed by atoms with Gasteiger partial charge in [-0.15, -0.1) is 0 Å². The SMILES string of the molecule is COc1ccc(C2C(C#N)=C(N)Oc3cc(OC(=O)COc4ccc([N+](=O)[O-])cc4)ccc32)cc1. The summed E-state index contributed by atoms with van der Waals surface area (Å²) < 4.78 is 21.5. The molecule has 4 rings (SSSR count). The first kappa shape index (κ1) is 23.1. The van der Waals surface area contributed by atoms with Crippen molar-refractivity contribution in [3.63, 3.8) is 0 Å². The molecule has 0 amide bonds. The highest BCUT2D eigenvalue weighted by atomic mass is 16.6. The van der Waals surface area contributed by atoms with Crippen LogP contribution in [0.5, 0.6) is 23.0 Å². The summed E-state index contributed by atoms with van der Waals surface area (Å²) in [4.78, 5) is 22.4. The Hall–Kier alpha value is -5.04. The zero-order valence-electron chi connectivity index (χ0n) is 18.5. The zero-order chi connectivity index (χ0) is 24.9. The van der Waals surface area contributed by atoms with Crippen LogP contribution in [0.1, 0.15) is 17.0 Å². The van der Waals surface area contributed by atoms with E-state index >= 15 is 0 Å². The molecule has 1 aliphatic rings. The summed E-state index contributed by atoms with van der Waals surface area (Å²) in [5.74, 6) is 0.315. The highest BCUT2D eigenvalue weighted by molar-refractivity contribution is 5.74. The first-order chi connectivity index (χ1) is 16.9. The summed E-state index contributed by atoms with van der Waals surface area (Å²) >= 11 is 0. The molecule has 0 fully saturated rings. The molecule has 0 radical (unpaired) electrons. The Balaban J connectivity index is 1.50. The number of fused-ring (bicyclic) bond motifs is 1. The average Bonchev–Trinajstić information content (AvgIpc) is 2.87. The van der Waals surface area contributed by atoms with Gasteiger partial charge >= 0.3 is 5.97 Å². The van der Waals surface area contributed by atoms with Gasteiger partial charge in [-0.05, 0) is 35.9 Å². The van der Waals surface area contributed by atoms with Crippen LogP contribution in [0.4, 0.5) is 5.69 Å². The zero-order valence-corrected chi connectivity index (χ0v) is 18.5. The number of nitrogens with two attached hydrogens (primary N) is 1. The van der Waals surface area contributed by atoms with Gasteiger partial charge in [-0.25, -0.2) is 4.79 Å². The maximum Gasteiger partial charge on any atom is 0.349 e. The smallest absolute Gasteiger partial charge is 0.349 e. The van der Waals surface area contributed by atoms with Crippen molar-refractivity contribution >= 4 is 11.7 Å². The number of ether oxygens (including phenoxy) is 4. The van der Waals surface area contributed by atoms with Crippen molar-refractivity contribution in [2.75, 3.05) is 13.7 Å². The van der Waals surface area contributed by atoms with Gasteiger partial charge in [0.1, 0.15) is 34.6 Å². The molecule has 0 saturated carbocycles. The number of carbonyl (C=O) groups is 1. The normalized spacial score (nSPS) is 14.2. The Labute approximate surface area is 199 Å². The number of nitro benzene ring substituents is 1. The summed E-state index contributed by atoms with van der Waals surface area (Å²) in [5, 5.41) is 20.4. The molecule has 3 aromatic carbocycles. The summed E-state index contributed by atoms with van der Waals surface area (Å²) in [5.41, 5.74) is 7.70. The van der Waals surface area contributed by atoms with Crippen LogP contribution in [-0.2, 0) is 4.79 Å². The van der Waals surface area contributed by atoms with Crippen LogP contribution >= 0.6 is 0 Å².